The minimum Gasteiger partial charge on any atom is -0.423 e. The van der Waals surface area contributed by atoms with Gasteiger partial charge in [0.15, 0.2) is 0 Å². The second kappa shape index (κ2) is 6.01. The zero-order valence-electron chi connectivity index (χ0n) is 10.2. The molecule has 2 N–H and O–H groups in total. The van der Waals surface area contributed by atoms with Crippen molar-refractivity contribution in [3.63, 3.8) is 0 Å². The molecule has 0 spiro atoms. The lowest BCUT2D eigenvalue weighted by Crippen LogP contribution is -2.29. The summed E-state index contributed by atoms with van der Waals surface area (Å²) in [6.07, 6.45) is 3.86. The highest BCUT2D eigenvalue weighted by molar-refractivity contribution is 6.58. The summed E-state index contributed by atoms with van der Waals surface area (Å²) in [5.74, 6) is 0. The van der Waals surface area contributed by atoms with Gasteiger partial charge in [0.1, 0.15) is 0 Å². The van der Waals surface area contributed by atoms with Gasteiger partial charge in [0.05, 0.1) is 11.6 Å². The molecule has 0 aliphatic heterocycles. The van der Waals surface area contributed by atoms with Gasteiger partial charge in [-0.25, -0.2) is 0 Å². The first-order chi connectivity index (χ1) is 9.19. The molecule has 0 amide bonds. The number of benzene rings is 2. The fourth-order valence-electron chi connectivity index (χ4n) is 1.64. The van der Waals surface area contributed by atoms with Crippen LogP contribution in [0.1, 0.15) is 16.7 Å². The van der Waals surface area contributed by atoms with Crippen LogP contribution < -0.4 is 5.46 Å². The summed E-state index contributed by atoms with van der Waals surface area (Å²) in [4.78, 5) is 0. The predicted molar refractivity (Wildman–Crippen MR) is 76.4 cm³/mol. The minimum absolute atomic E-state index is 0.468. The first kappa shape index (κ1) is 13.1. The van der Waals surface area contributed by atoms with Crippen LogP contribution in [0.3, 0.4) is 0 Å². The number of hydrogen-bond donors (Lipinski definition) is 2. The second-order valence-electron chi connectivity index (χ2n) is 4.11. The fourth-order valence-corrected chi connectivity index (χ4v) is 1.64. The zero-order valence-corrected chi connectivity index (χ0v) is 10.2. The largest absolute Gasteiger partial charge is 0.488 e. The molecule has 0 saturated heterocycles. The molecule has 3 nitrogen and oxygen atoms in total. The lowest BCUT2D eigenvalue weighted by molar-refractivity contribution is 0.426. The van der Waals surface area contributed by atoms with E-state index in [-0.39, 0.29) is 0 Å². The SMILES string of the molecule is N#Cc1ccc(C=Cc2ccc(B(O)O)cc2)cc1. The Hall–Kier alpha value is -2.35. The third-order valence-corrected chi connectivity index (χ3v) is 2.74. The minimum atomic E-state index is -1.43. The van der Waals surface area contributed by atoms with Gasteiger partial charge in [-0.2, -0.15) is 5.26 Å². The summed E-state index contributed by atoms with van der Waals surface area (Å²) in [5, 5.41) is 26.7. The Kier molecular flexibility index (Phi) is 4.14. The van der Waals surface area contributed by atoms with Gasteiger partial charge >= 0.3 is 7.12 Å². The summed E-state index contributed by atoms with van der Waals surface area (Å²) >= 11 is 0. The normalized spacial score (nSPS) is 10.4. The molecule has 0 aliphatic rings. The van der Waals surface area contributed by atoms with Gasteiger partial charge in [-0.15, -0.1) is 0 Å². The van der Waals surface area contributed by atoms with Crippen LogP contribution in [0.2, 0.25) is 0 Å². The van der Waals surface area contributed by atoms with E-state index < -0.39 is 7.12 Å². The van der Waals surface area contributed by atoms with Crippen molar-refractivity contribution in [1.29, 1.82) is 5.26 Å². The molecule has 19 heavy (non-hydrogen) atoms. The quantitative estimate of drug-likeness (QED) is 0.638. The molecule has 4 heteroatoms. The summed E-state index contributed by atoms with van der Waals surface area (Å²) in [6.45, 7) is 0. The molecule has 0 fully saturated rings. The second-order valence-corrected chi connectivity index (χ2v) is 4.11. The number of hydrogen-bond acceptors (Lipinski definition) is 3. The number of nitriles is 1. The summed E-state index contributed by atoms with van der Waals surface area (Å²) in [6, 6.07) is 16.3. The van der Waals surface area contributed by atoms with Crippen LogP contribution in [-0.4, -0.2) is 17.2 Å². The van der Waals surface area contributed by atoms with E-state index in [1.807, 2.05) is 36.4 Å². The van der Waals surface area contributed by atoms with E-state index >= 15 is 0 Å². The van der Waals surface area contributed by atoms with Crippen molar-refractivity contribution < 1.29 is 10.0 Å². The molecule has 0 atom stereocenters. The average molecular weight is 249 g/mol. The molecule has 0 bridgehead atoms. The Morgan fingerprint density at radius 1 is 0.842 bits per heavy atom. The van der Waals surface area contributed by atoms with E-state index in [0.29, 0.717) is 11.0 Å². The topological polar surface area (TPSA) is 64.2 Å². The maximum atomic E-state index is 8.98. The Morgan fingerprint density at radius 3 is 1.74 bits per heavy atom. The van der Waals surface area contributed by atoms with Crippen LogP contribution in [0, 0.1) is 11.3 Å². The molecular formula is C15H12BNO2. The Morgan fingerprint density at radius 2 is 1.32 bits per heavy atom. The van der Waals surface area contributed by atoms with E-state index in [4.69, 9.17) is 15.3 Å². The Balaban J connectivity index is 2.11. The highest BCUT2D eigenvalue weighted by Crippen LogP contribution is 2.09. The van der Waals surface area contributed by atoms with Crippen molar-refractivity contribution >= 4 is 24.7 Å². The third kappa shape index (κ3) is 3.55. The van der Waals surface area contributed by atoms with Crippen LogP contribution >= 0.6 is 0 Å². The summed E-state index contributed by atoms with van der Waals surface area (Å²) in [5.41, 5.74) is 3.08. The maximum Gasteiger partial charge on any atom is 0.488 e. The van der Waals surface area contributed by atoms with Gasteiger partial charge in [0.2, 0.25) is 0 Å². The van der Waals surface area contributed by atoms with Gasteiger partial charge in [0, 0.05) is 0 Å². The monoisotopic (exact) mass is 249 g/mol. The molecule has 0 radical (unpaired) electrons. The number of nitrogens with zero attached hydrogens (tertiary/aromatic N) is 1. The van der Waals surface area contributed by atoms with Gasteiger partial charge in [-0.3, -0.25) is 0 Å². The molecule has 0 aliphatic carbocycles. The van der Waals surface area contributed by atoms with Gasteiger partial charge in [0.25, 0.3) is 0 Å². The molecular weight excluding hydrogens is 237 g/mol. The molecule has 0 unspecified atom stereocenters. The zero-order chi connectivity index (χ0) is 13.7. The average Bonchev–Trinajstić information content (AvgIpc) is 2.46. The molecule has 0 saturated carbocycles. The predicted octanol–water partition coefficient (Wildman–Crippen LogP) is 1.41. The molecule has 0 aromatic heterocycles. The van der Waals surface area contributed by atoms with Crippen LogP contribution in [0.15, 0.2) is 48.5 Å². The van der Waals surface area contributed by atoms with Gasteiger partial charge in [-0.05, 0) is 28.7 Å². The fraction of sp³-hybridized carbons (Fsp3) is 0. The van der Waals surface area contributed by atoms with E-state index in [9.17, 15) is 0 Å². The van der Waals surface area contributed by atoms with Crippen LogP contribution in [0.4, 0.5) is 0 Å². The molecule has 0 heterocycles. The highest BCUT2D eigenvalue weighted by atomic mass is 16.4. The van der Waals surface area contributed by atoms with Crippen molar-refractivity contribution in [3.8, 4) is 6.07 Å². The summed E-state index contributed by atoms with van der Waals surface area (Å²) < 4.78 is 0. The van der Waals surface area contributed by atoms with Crippen molar-refractivity contribution in [2.45, 2.75) is 0 Å². The van der Waals surface area contributed by atoms with E-state index in [0.717, 1.165) is 11.1 Å². The number of rotatable bonds is 3. The smallest absolute Gasteiger partial charge is 0.423 e. The van der Waals surface area contributed by atoms with Crippen LogP contribution in [-0.2, 0) is 0 Å². The van der Waals surface area contributed by atoms with Crippen molar-refractivity contribution in [3.05, 3.63) is 65.2 Å². The Labute approximate surface area is 112 Å². The molecule has 92 valence electrons. The van der Waals surface area contributed by atoms with Crippen LogP contribution in [0.5, 0.6) is 0 Å². The van der Waals surface area contributed by atoms with Crippen LogP contribution in [0.25, 0.3) is 12.2 Å². The van der Waals surface area contributed by atoms with E-state index in [1.54, 1.807) is 24.3 Å². The molecule has 2 rings (SSSR count). The highest BCUT2D eigenvalue weighted by Gasteiger charge is 2.08. The van der Waals surface area contributed by atoms with E-state index in [1.165, 1.54) is 0 Å². The van der Waals surface area contributed by atoms with Crippen molar-refractivity contribution in [2.24, 2.45) is 0 Å². The first-order valence-corrected chi connectivity index (χ1v) is 5.83. The van der Waals surface area contributed by atoms with Crippen molar-refractivity contribution in [2.75, 3.05) is 0 Å². The first-order valence-electron chi connectivity index (χ1n) is 5.83. The molecule has 2 aromatic rings. The lowest BCUT2D eigenvalue weighted by Gasteiger charge is -1.99. The maximum absolute atomic E-state index is 8.98. The summed E-state index contributed by atoms with van der Waals surface area (Å²) in [7, 11) is -1.43. The Bertz CT molecular complexity index is 610. The van der Waals surface area contributed by atoms with Crippen molar-refractivity contribution in [1.82, 2.24) is 0 Å². The lowest BCUT2D eigenvalue weighted by atomic mass is 9.80. The van der Waals surface area contributed by atoms with Gasteiger partial charge < -0.3 is 10.0 Å². The third-order valence-electron chi connectivity index (χ3n) is 2.74. The van der Waals surface area contributed by atoms with E-state index in [2.05, 4.69) is 6.07 Å². The van der Waals surface area contributed by atoms with Gasteiger partial charge in [-0.1, -0.05) is 48.6 Å². The molecule has 2 aromatic carbocycles. The standard InChI is InChI=1S/C15H12BNO2/c17-11-14-5-3-12(4-6-14)1-2-13-7-9-15(10-8-13)16(18)19/h1-10,18-19H.